The van der Waals surface area contributed by atoms with E-state index in [1.165, 1.54) is 18.3 Å². The van der Waals surface area contributed by atoms with Crippen LogP contribution in [0.2, 0.25) is 0 Å². The van der Waals surface area contributed by atoms with Gasteiger partial charge in [0.05, 0.1) is 15.9 Å². The molecule has 0 aliphatic rings. The smallest absolute Gasteiger partial charge is 0.285 e. The predicted molar refractivity (Wildman–Crippen MR) is 246 cm³/mol. The summed E-state index contributed by atoms with van der Waals surface area (Å²) >= 11 is 0. The second-order valence-corrected chi connectivity index (χ2v) is 13.2. The van der Waals surface area contributed by atoms with E-state index in [4.69, 9.17) is 4.98 Å². The summed E-state index contributed by atoms with van der Waals surface area (Å²) in [6.07, 6.45) is 1.34. The standard InChI is InChI=1S/C24H24N4O.C20H14N4O3.2C2H6/c1-17-14-15-20-22(29)21(16-27(2)3)24(26-18-10-6-4-7-11-18)28(23(20)25-17)19-12-8-5-9-13-19;25-17-13-18(22-14-7-3-1-4-8-14)23(15-9-5-2-6-10-15)20-19(17)16(24(26)27)11-12-21-20;2*1-2/h4-15,26H,16H2,1-3H3;1-13,22H;2*1-2H3. The highest BCUT2D eigenvalue weighted by atomic mass is 16.6. The van der Waals surface area contributed by atoms with Gasteiger partial charge in [-0.25, -0.2) is 9.97 Å². The van der Waals surface area contributed by atoms with Crippen LogP contribution in [-0.2, 0) is 6.54 Å². The van der Waals surface area contributed by atoms with Crippen molar-refractivity contribution in [2.75, 3.05) is 24.7 Å². The largest absolute Gasteiger partial charge is 0.341 e. The summed E-state index contributed by atoms with van der Waals surface area (Å²) in [6.45, 7) is 10.5. The lowest BCUT2D eigenvalue weighted by Gasteiger charge is -2.23. The van der Waals surface area contributed by atoms with Crippen molar-refractivity contribution < 1.29 is 4.92 Å². The summed E-state index contributed by atoms with van der Waals surface area (Å²) in [7, 11) is 3.94. The Morgan fingerprint density at radius 1 is 0.667 bits per heavy atom. The maximum atomic E-state index is 13.4. The van der Waals surface area contributed by atoms with Crippen LogP contribution >= 0.6 is 0 Å². The van der Waals surface area contributed by atoms with Gasteiger partial charge in [0.25, 0.3) is 5.69 Å². The van der Waals surface area contributed by atoms with Crippen LogP contribution in [0.25, 0.3) is 33.4 Å². The van der Waals surface area contributed by atoms with Crippen molar-refractivity contribution in [1.82, 2.24) is 24.0 Å². The Morgan fingerprint density at radius 3 is 1.72 bits per heavy atom. The van der Waals surface area contributed by atoms with Crippen LogP contribution in [0.15, 0.2) is 161 Å². The number of rotatable bonds is 9. The number of hydrogen-bond donors (Lipinski definition) is 2. The first kappa shape index (κ1) is 43.7. The first-order chi connectivity index (χ1) is 29.2. The Morgan fingerprint density at radius 2 is 1.18 bits per heavy atom. The van der Waals surface area contributed by atoms with Crippen molar-refractivity contribution in [2.45, 2.75) is 41.2 Å². The molecule has 60 heavy (non-hydrogen) atoms. The van der Waals surface area contributed by atoms with Crippen LogP contribution in [0.4, 0.5) is 28.7 Å². The van der Waals surface area contributed by atoms with Gasteiger partial charge in [0.2, 0.25) is 0 Å². The van der Waals surface area contributed by atoms with E-state index in [9.17, 15) is 19.7 Å². The van der Waals surface area contributed by atoms with Crippen LogP contribution in [0.5, 0.6) is 0 Å². The molecule has 4 heterocycles. The molecule has 4 aromatic heterocycles. The first-order valence-corrected chi connectivity index (χ1v) is 19.8. The van der Waals surface area contributed by atoms with Gasteiger partial charge in [-0.1, -0.05) is 100 Å². The highest BCUT2D eigenvalue weighted by molar-refractivity contribution is 5.88. The van der Waals surface area contributed by atoms with E-state index >= 15 is 0 Å². The van der Waals surface area contributed by atoms with E-state index in [1.807, 2.05) is 187 Å². The molecular formula is C48H50N8O4. The van der Waals surface area contributed by atoms with Crippen LogP contribution in [0.1, 0.15) is 39.0 Å². The number of fused-ring (bicyclic) bond motifs is 2. The fourth-order valence-corrected chi connectivity index (χ4v) is 6.46. The molecule has 0 unspecified atom stereocenters. The van der Waals surface area contributed by atoms with Crippen molar-refractivity contribution in [3.8, 4) is 11.4 Å². The van der Waals surface area contributed by atoms with Crippen molar-refractivity contribution in [2.24, 2.45) is 0 Å². The minimum absolute atomic E-state index is 0.00631. The molecule has 0 radical (unpaired) electrons. The molecule has 306 valence electrons. The van der Waals surface area contributed by atoms with Crippen LogP contribution in [0.3, 0.4) is 0 Å². The number of para-hydroxylation sites is 4. The number of anilines is 4. The molecule has 0 atom stereocenters. The quantitative estimate of drug-likeness (QED) is 0.108. The molecule has 0 fully saturated rings. The molecule has 8 rings (SSSR count). The molecule has 0 bridgehead atoms. The number of nitro groups is 1. The predicted octanol–water partition coefficient (Wildman–Crippen LogP) is 10.6. The summed E-state index contributed by atoms with van der Waals surface area (Å²) in [5.41, 5.74) is 5.12. The zero-order valence-corrected chi connectivity index (χ0v) is 35.0. The molecule has 0 aliphatic carbocycles. The average molecular weight is 803 g/mol. The average Bonchev–Trinajstić information content (AvgIpc) is 3.28. The zero-order valence-electron chi connectivity index (χ0n) is 35.0. The summed E-state index contributed by atoms with van der Waals surface area (Å²) < 4.78 is 3.76. The fraction of sp³-hybridized carbons (Fsp3) is 0.167. The number of hydrogen-bond acceptors (Lipinski definition) is 9. The topological polar surface area (TPSA) is 140 Å². The normalized spacial score (nSPS) is 10.4. The van der Waals surface area contributed by atoms with Crippen molar-refractivity contribution >= 4 is 50.8 Å². The first-order valence-electron chi connectivity index (χ1n) is 19.8. The van der Waals surface area contributed by atoms with Gasteiger partial charge in [-0.3, -0.25) is 28.8 Å². The van der Waals surface area contributed by atoms with E-state index in [1.54, 1.807) is 4.57 Å². The van der Waals surface area contributed by atoms with Gasteiger partial charge in [-0.05, 0) is 81.7 Å². The molecule has 2 N–H and O–H groups in total. The van der Waals surface area contributed by atoms with Gasteiger partial charge >= 0.3 is 0 Å². The summed E-state index contributed by atoms with van der Waals surface area (Å²) in [5.74, 6) is 1.21. The van der Waals surface area contributed by atoms with Crippen LogP contribution < -0.4 is 21.5 Å². The van der Waals surface area contributed by atoms with E-state index in [0.717, 1.165) is 34.3 Å². The number of pyridine rings is 4. The lowest BCUT2D eigenvalue weighted by atomic mass is 10.1. The Kier molecular flexibility index (Phi) is 15.2. The third-order valence-corrected chi connectivity index (χ3v) is 8.91. The van der Waals surface area contributed by atoms with Gasteiger partial charge in [-0.15, -0.1) is 0 Å². The highest BCUT2D eigenvalue weighted by Gasteiger charge is 2.22. The molecule has 12 heteroatoms. The molecule has 0 saturated carbocycles. The number of nitrogens with zero attached hydrogens (tertiary/aromatic N) is 6. The Hall–Kier alpha value is -7.44. The molecule has 0 spiro atoms. The molecule has 4 aromatic carbocycles. The monoisotopic (exact) mass is 802 g/mol. The maximum Gasteiger partial charge on any atom is 0.285 e. The molecule has 0 aliphatic heterocycles. The molecule has 8 aromatic rings. The number of aromatic nitrogens is 4. The lowest BCUT2D eigenvalue weighted by Crippen LogP contribution is -2.24. The second-order valence-electron chi connectivity index (χ2n) is 13.2. The summed E-state index contributed by atoms with van der Waals surface area (Å²) in [6, 6.07) is 44.9. The second kappa shape index (κ2) is 20.8. The van der Waals surface area contributed by atoms with E-state index in [2.05, 4.69) is 20.2 Å². The SMILES string of the molecule is CC.CC.Cc1ccc2c(=O)c(CN(C)C)c(Nc3ccccc3)n(-c3ccccc3)c2n1.O=c1cc(Nc2ccccc2)n(-c2ccccc2)c2nccc([N+](=O)[O-])c12. The molecular weight excluding hydrogens is 753 g/mol. The lowest BCUT2D eigenvalue weighted by molar-refractivity contribution is -0.383. The van der Waals surface area contributed by atoms with Gasteiger partial charge in [-0.2, -0.15) is 0 Å². The van der Waals surface area contributed by atoms with E-state index < -0.39 is 10.4 Å². The van der Waals surface area contributed by atoms with Crippen molar-refractivity contribution in [3.05, 3.63) is 194 Å². The molecule has 0 amide bonds. The number of benzene rings is 4. The van der Waals surface area contributed by atoms with Crippen LogP contribution in [0, 0.1) is 17.0 Å². The van der Waals surface area contributed by atoms with Crippen LogP contribution in [-0.4, -0.2) is 43.0 Å². The van der Waals surface area contributed by atoms with Gasteiger partial charge in [0.15, 0.2) is 16.5 Å². The highest BCUT2D eigenvalue weighted by Crippen LogP contribution is 2.30. The number of aryl methyl sites for hydroxylation is 1. The maximum absolute atomic E-state index is 13.4. The van der Waals surface area contributed by atoms with Crippen molar-refractivity contribution in [1.29, 1.82) is 0 Å². The van der Waals surface area contributed by atoms with E-state index in [0.29, 0.717) is 29.0 Å². The molecule has 12 nitrogen and oxygen atoms in total. The Balaban J connectivity index is 0.000000211. The van der Waals surface area contributed by atoms with Gasteiger partial charge in [0, 0.05) is 53.3 Å². The summed E-state index contributed by atoms with van der Waals surface area (Å²) in [5, 5.41) is 18.7. The third-order valence-electron chi connectivity index (χ3n) is 8.91. The Bertz CT molecular complexity index is 2780. The van der Waals surface area contributed by atoms with Crippen molar-refractivity contribution in [3.63, 3.8) is 0 Å². The van der Waals surface area contributed by atoms with Gasteiger partial charge < -0.3 is 15.5 Å². The fourth-order valence-electron chi connectivity index (χ4n) is 6.46. The zero-order chi connectivity index (χ0) is 43.2. The number of nitrogens with one attached hydrogen (secondary N) is 2. The third kappa shape index (κ3) is 9.98. The van der Waals surface area contributed by atoms with E-state index in [-0.39, 0.29) is 22.1 Å². The van der Waals surface area contributed by atoms with Gasteiger partial charge in [0.1, 0.15) is 22.7 Å². The molecule has 0 saturated heterocycles. The Labute approximate surface area is 349 Å². The minimum Gasteiger partial charge on any atom is -0.341 e. The minimum atomic E-state index is -0.564. The summed E-state index contributed by atoms with van der Waals surface area (Å²) in [4.78, 5) is 48.0.